The molecule has 34 heavy (non-hydrogen) atoms. The molecule has 0 aliphatic rings. The van der Waals surface area contributed by atoms with Crippen molar-refractivity contribution in [2.45, 2.75) is 0 Å². The highest BCUT2D eigenvalue weighted by Crippen LogP contribution is 2.44. The minimum absolute atomic E-state index is 0.751. The first kappa shape index (κ1) is 20.5. The van der Waals surface area contributed by atoms with Crippen LogP contribution in [-0.2, 0) is 0 Å². The van der Waals surface area contributed by atoms with E-state index in [1.165, 1.54) is 44.6 Å². The maximum Gasteiger partial charge on any atom is 0.0613 e. The number of hydrogen-bond acceptors (Lipinski definition) is 0. The Bertz CT molecular complexity index is 1560. The molecular formula is C32H22ClN. The van der Waals surface area contributed by atoms with Crippen LogP contribution >= 0.6 is 11.6 Å². The van der Waals surface area contributed by atoms with Gasteiger partial charge >= 0.3 is 0 Å². The van der Waals surface area contributed by atoms with Crippen LogP contribution in [0.25, 0.3) is 50.2 Å². The van der Waals surface area contributed by atoms with E-state index in [-0.39, 0.29) is 0 Å². The smallest absolute Gasteiger partial charge is 0.0613 e. The Hall–Kier alpha value is -4.07. The third-order valence-electron chi connectivity index (χ3n) is 6.30. The number of hydrogen-bond donors (Lipinski definition) is 0. The molecule has 162 valence electrons. The first-order valence-electron chi connectivity index (χ1n) is 11.4. The van der Waals surface area contributed by atoms with Crippen molar-refractivity contribution in [2.75, 3.05) is 0 Å². The third kappa shape index (κ3) is 3.61. The number of nitrogens with zero attached hydrogens (tertiary/aromatic N) is 1. The number of aromatic nitrogens is 1. The number of halogens is 1. The summed E-state index contributed by atoms with van der Waals surface area (Å²) in [6, 6.07) is 44.6. The number of benzene rings is 4. The monoisotopic (exact) mass is 455 g/mol. The molecular weight excluding hydrogens is 434 g/mol. The molecule has 6 aromatic rings. The summed E-state index contributed by atoms with van der Waals surface area (Å²) in [4.78, 5) is 0. The maximum atomic E-state index is 6.09. The number of rotatable bonds is 4. The minimum Gasteiger partial charge on any atom is -0.315 e. The summed E-state index contributed by atoms with van der Waals surface area (Å²) < 4.78 is 2.32. The van der Waals surface area contributed by atoms with Gasteiger partial charge in [-0.3, -0.25) is 0 Å². The summed E-state index contributed by atoms with van der Waals surface area (Å²) in [5, 5.41) is 0.751. The molecule has 0 saturated heterocycles. The van der Waals surface area contributed by atoms with Crippen LogP contribution in [-0.4, -0.2) is 4.40 Å². The van der Waals surface area contributed by atoms with E-state index in [1.54, 1.807) is 0 Å². The highest BCUT2D eigenvalue weighted by atomic mass is 35.5. The molecule has 4 aromatic carbocycles. The second-order valence-corrected chi connectivity index (χ2v) is 8.81. The number of pyridine rings is 1. The zero-order valence-corrected chi connectivity index (χ0v) is 19.3. The van der Waals surface area contributed by atoms with Crippen molar-refractivity contribution >= 4 is 17.1 Å². The molecule has 0 N–H and O–H groups in total. The highest BCUT2D eigenvalue weighted by molar-refractivity contribution is 6.30. The molecule has 0 aliphatic carbocycles. The van der Waals surface area contributed by atoms with E-state index in [0.717, 1.165) is 10.6 Å². The van der Waals surface area contributed by atoms with Crippen LogP contribution in [0, 0.1) is 0 Å². The highest BCUT2D eigenvalue weighted by Gasteiger charge is 2.21. The first-order valence-corrected chi connectivity index (χ1v) is 11.8. The molecule has 2 aromatic heterocycles. The van der Waals surface area contributed by atoms with Crippen molar-refractivity contribution in [3.8, 4) is 44.6 Å². The average Bonchev–Trinajstić information content (AvgIpc) is 3.25. The molecule has 0 spiro atoms. The third-order valence-corrected chi connectivity index (χ3v) is 6.56. The van der Waals surface area contributed by atoms with Gasteiger partial charge < -0.3 is 4.40 Å². The fraction of sp³-hybridized carbons (Fsp3) is 0. The molecule has 0 bridgehead atoms. The average molecular weight is 456 g/mol. The molecule has 0 aliphatic heterocycles. The lowest BCUT2D eigenvalue weighted by Gasteiger charge is -2.11. The predicted octanol–water partition coefficient (Wildman–Crippen LogP) is 9.26. The van der Waals surface area contributed by atoms with Gasteiger partial charge in [0, 0.05) is 22.3 Å². The molecule has 2 heterocycles. The van der Waals surface area contributed by atoms with Gasteiger partial charge in [-0.15, -0.1) is 0 Å². The van der Waals surface area contributed by atoms with Gasteiger partial charge in [0.25, 0.3) is 0 Å². The molecule has 0 atom stereocenters. The SMILES string of the molecule is Clc1ccc(-c2ccc(-c3c(-c4ccccc4)c(-c4ccccc4)c4ccccn34)cc2)cc1. The van der Waals surface area contributed by atoms with Gasteiger partial charge in [0.2, 0.25) is 0 Å². The summed E-state index contributed by atoms with van der Waals surface area (Å²) in [5.74, 6) is 0. The fourth-order valence-electron chi connectivity index (χ4n) is 4.74. The quantitative estimate of drug-likeness (QED) is 0.249. The van der Waals surface area contributed by atoms with Gasteiger partial charge in [-0.25, -0.2) is 0 Å². The zero-order chi connectivity index (χ0) is 22.9. The largest absolute Gasteiger partial charge is 0.315 e. The molecule has 0 unspecified atom stereocenters. The predicted molar refractivity (Wildman–Crippen MR) is 144 cm³/mol. The Morgan fingerprint density at radius 3 is 1.53 bits per heavy atom. The normalized spacial score (nSPS) is 11.1. The molecule has 0 fully saturated rings. The first-order chi connectivity index (χ1) is 16.8. The van der Waals surface area contributed by atoms with Crippen LogP contribution in [0.3, 0.4) is 0 Å². The Balaban J connectivity index is 1.61. The maximum absolute atomic E-state index is 6.09. The topological polar surface area (TPSA) is 4.41 Å². The summed E-state index contributed by atoms with van der Waals surface area (Å²) in [6.45, 7) is 0. The van der Waals surface area contributed by atoms with Crippen molar-refractivity contribution in [2.24, 2.45) is 0 Å². The Morgan fingerprint density at radius 1 is 0.412 bits per heavy atom. The van der Waals surface area contributed by atoms with Crippen molar-refractivity contribution < 1.29 is 0 Å². The molecule has 0 saturated carbocycles. The van der Waals surface area contributed by atoms with Crippen molar-refractivity contribution in [3.63, 3.8) is 0 Å². The lowest BCUT2D eigenvalue weighted by atomic mass is 9.93. The van der Waals surface area contributed by atoms with Crippen LogP contribution < -0.4 is 0 Å². The molecule has 1 nitrogen and oxygen atoms in total. The Kier molecular flexibility index (Phi) is 5.25. The molecule has 6 rings (SSSR count). The van der Waals surface area contributed by atoms with Gasteiger partial charge in [-0.05, 0) is 52.1 Å². The van der Waals surface area contributed by atoms with E-state index in [0.29, 0.717) is 0 Å². The summed E-state index contributed by atoms with van der Waals surface area (Å²) in [5.41, 5.74) is 10.8. The summed E-state index contributed by atoms with van der Waals surface area (Å²) in [6.07, 6.45) is 2.16. The van der Waals surface area contributed by atoms with Crippen LogP contribution in [0.2, 0.25) is 5.02 Å². The van der Waals surface area contributed by atoms with Crippen molar-refractivity contribution in [1.82, 2.24) is 4.40 Å². The zero-order valence-electron chi connectivity index (χ0n) is 18.5. The van der Waals surface area contributed by atoms with Gasteiger partial charge in [0.15, 0.2) is 0 Å². The standard InChI is InChI=1S/C32H22ClN/c33-28-20-18-24(19-21-28)23-14-16-27(17-15-23)32-31(26-11-5-2-6-12-26)30(25-9-3-1-4-10-25)29-13-7-8-22-34(29)32/h1-22H. The van der Waals surface area contributed by atoms with E-state index in [2.05, 4.69) is 126 Å². The van der Waals surface area contributed by atoms with Crippen LogP contribution in [0.4, 0.5) is 0 Å². The summed E-state index contributed by atoms with van der Waals surface area (Å²) >= 11 is 6.09. The second kappa shape index (κ2) is 8.70. The Labute approximate surface area is 204 Å². The van der Waals surface area contributed by atoms with Crippen molar-refractivity contribution in [3.05, 3.63) is 139 Å². The van der Waals surface area contributed by atoms with E-state index < -0.39 is 0 Å². The van der Waals surface area contributed by atoms with E-state index in [9.17, 15) is 0 Å². The second-order valence-electron chi connectivity index (χ2n) is 8.37. The fourth-order valence-corrected chi connectivity index (χ4v) is 4.86. The van der Waals surface area contributed by atoms with E-state index in [4.69, 9.17) is 11.6 Å². The van der Waals surface area contributed by atoms with Gasteiger partial charge in [-0.2, -0.15) is 0 Å². The Morgan fingerprint density at radius 2 is 0.912 bits per heavy atom. The molecule has 0 radical (unpaired) electrons. The van der Waals surface area contributed by atoms with E-state index in [1.807, 2.05) is 12.1 Å². The van der Waals surface area contributed by atoms with Crippen LogP contribution in [0.5, 0.6) is 0 Å². The van der Waals surface area contributed by atoms with Gasteiger partial charge in [0.1, 0.15) is 0 Å². The summed E-state index contributed by atoms with van der Waals surface area (Å²) in [7, 11) is 0. The molecule has 0 amide bonds. The van der Waals surface area contributed by atoms with Crippen LogP contribution in [0.1, 0.15) is 0 Å². The minimum atomic E-state index is 0.751. The van der Waals surface area contributed by atoms with Crippen LogP contribution in [0.15, 0.2) is 134 Å². The molecule has 2 heteroatoms. The van der Waals surface area contributed by atoms with E-state index >= 15 is 0 Å². The van der Waals surface area contributed by atoms with Gasteiger partial charge in [-0.1, -0.05) is 115 Å². The lowest BCUT2D eigenvalue weighted by Crippen LogP contribution is -1.89. The van der Waals surface area contributed by atoms with Crippen molar-refractivity contribution in [1.29, 1.82) is 0 Å². The lowest BCUT2D eigenvalue weighted by molar-refractivity contribution is 1.20. The van der Waals surface area contributed by atoms with Gasteiger partial charge in [0.05, 0.1) is 11.2 Å². The number of fused-ring (bicyclic) bond motifs is 1.